The van der Waals surface area contributed by atoms with E-state index in [2.05, 4.69) is 16.8 Å². The third kappa shape index (κ3) is 15.8. The number of thiocarbonyl (C=S) groups is 1. The van der Waals surface area contributed by atoms with E-state index < -0.39 is 32.1 Å². The lowest BCUT2D eigenvalue weighted by molar-refractivity contribution is -0.0317. The maximum atomic E-state index is 12.3. The van der Waals surface area contributed by atoms with E-state index in [1.165, 1.54) is 77.7 Å². The molecular weight excluding hydrogens is 589 g/mol. The number of phosphoric ester groups is 1. The summed E-state index contributed by atoms with van der Waals surface area (Å²) in [6.07, 6.45) is 15.7. The molecule has 1 aliphatic carbocycles. The molecule has 0 spiro atoms. The fourth-order valence-electron chi connectivity index (χ4n) is 5.55. The first-order chi connectivity index (χ1) is 20.8. The number of benzene rings is 1. The largest absolute Gasteiger partial charge is 0.508 e. The minimum Gasteiger partial charge on any atom is -0.434 e. The molecule has 1 saturated carbocycles. The molecule has 0 aliphatic heterocycles. The van der Waals surface area contributed by atoms with E-state index in [9.17, 15) is 14.3 Å². The molecule has 0 radical (unpaired) electrons. The lowest BCUT2D eigenvalue weighted by Crippen LogP contribution is -2.44. The number of rotatable bonds is 23. The third-order valence-corrected chi connectivity index (χ3v) is 9.26. The van der Waals surface area contributed by atoms with Crippen LogP contribution in [0.1, 0.15) is 109 Å². The summed E-state index contributed by atoms with van der Waals surface area (Å²) < 4.78 is 38.7. The summed E-state index contributed by atoms with van der Waals surface area (Å²) in [4.78, 5) is 23.0. The fraction of sp³-hybridized carbons (Fsp3) is 0.750. The van der Waals surface area contributed by atoms with Gasteiger partial charge in [0.25, 0.3) is 0 Å². The van der Waals surface area contributed by atoms with Crippen molar-refractivity contribution in [3.63, 3.8) is 0 Å². The molecule has 0 aromatic heterocycles. The molecule has 0 saturated heterocycles. The topological polar surface area (TPSA) is 113 Å². The summed E-state index contributed by atoms with van der Waals surface area (Å²) in [6.45, 7) is 2.26. The van der Waals surface area contributed by atoms with Gasteiger partial charge in [0.05, 0.1) is 11.0 Å². The van der Waals surface area contributed by atoms with Crippen LogP contribution in [0.3, 0.4) is 0 Å². The Balaban J connectivity index is 1.73. The van der Waals surface area contributed by atoms with Gasteiger partial charge in [0.1, 0.15) is 25.4 Å². The Kier molecular flexibility index (Phi) is 19.3. The SMILES string of the molecule is CCCCCCCCCCCCCCCC(=S)N[C@H]1C[C@H](COC(=O)OCc2ccccc2)[C@H](OP(=O)(O)OC)C1OC. The third-order valence-electron chi connectivity index (χ3n) is 7.97. The highest BCUT2D eigenvalue weighted by Gasteiger charge is 2.48. The molecule has 0 heterocycles. The molecule has 5 atom stereocenters. The van der Waals surface area contributed by atoms with Crippen LogP contribution in [-0.2, 0) is 34.4 Å². The van der Waals surface area contributed by atoms with Crippen molar-refractivity contribution in [2.24, 2.45) is 5.92 Å². The fourth-order valence-corrected chi connectivity index (χ4v) is 6.53. The zero-order valence-electron chi connectivity index (χ0n) is 26.4. The van der Waals surface area contributed by atoms with Gasteiger partial charge in [-0.3, -0.25) is 9.05 Å². The predicted molar refractivity (Wildman–Crippen MR) is 173 cm³/mol. The molecule has 2 unspecified atom stereocenters. The first kappa shape index (κ1) is 37.6. The van der Waals surface area contributed by atoms with E-state index in [-0.39, 0.29) is 19.3 Å². The second-order valence-electron chi connectivity index (χ2n) is 11.4. The molecule has 2 rings (SSSR count). The average Bonchev–Trinajstić information content (AvgIpc) is 3.32. The number of hydrogen-bond acceptors (Lipinski definition) is 8. The van der Waals surface area contributed by atoms with Crippen LogP contribution in [0, 0.1) is 5.92 Å². The molecule has 11 heteroatoms. The number of ether oxygens (including phenoxy) is 3. The van der Waals surface area contributed by atoms with Crippen LogP contribution >= 0.6 is 20.0 Å². The first-order valence-corrected chi connectivity index (χ1v) is 17.9. The molecule has 1 fully saturated rings. The molecule has 246 valence electrons. The highest BCUT2D eigenvalue weighted by molar-refractivity contribution is 7.80. The van der Waals surface area contributed by atoms with E-state index >= 15 is 0 Å². The number of carbonyl (C=O) groups excluding carboxylic acids is 1. The van der Waals surface area contributed by atoms with Gasteiger partial charge in [-0.2, -0.15) is 0 Å². The number of unbranched alkanes of at least 4 members (excludes halogenated alkanes) is 12. The Hall–Kier alpha value is -1.55. The lowest BCUT2D eigenvalue weighted by atomic mass is 10.0. The molecule has 1 aliphatic rings. The second kappa shape index (κ2) is 22.0. The van der Waals surface area contributed by atoms with Gasteiger partial charge in [0.2, 0.25) is 0 Å². The van der Waals surface area contributed by atoms with Gasteiger partial charge in [-0.05, 0) is 24.8 Å². The van der Waals surface area contributed by atoms with Gasteiger partial charge in [-0.1, -0.05) is 127 Å². The van der Waals surface area contributed by atoms with Crippen LogP contribution < -0.4 is 5.32 Å². The molecule has 2 N–H and O–H groups in total. The van der Waals surface area contributed by atoms with Crippen LogP contribution in [0.5, 0.6) is 0 Å². The Labute approximate surface area is 264 Å². The Morgan fingerprint density at radius 3 is 2.05 bits per heavy atom. The van der Waals surface area contributed by atoms with E-state index in [0.717, 1.165) is 36.9 Å². The molecule has 1 aromatic carbocycles. The summed E-state index contributed by atoms with van der Waals surface area (Å²) in [5.41, 5.74) is 0.837. The molecular formula is C32H54NO8PS. The zero-order chi connectivity index (χ0) is 31.3. The van der Waals surface area contributed by atoms with Crippen molar-refractivity contribution >= 4 is 31.2 Å². The summed E-state index contributed by atoms with van der Waals surface area (Å²) in [6, 6.07) is 9.00. The van der Waals surface area contributed by atoms with Crippen molar-refractivity contribution in [2.45, 2.75) is 128 Å². The molecule has 43 heavy (non-hydrogen) atoms. The standard InChI is InChI=1S/C32H54NO8PS/c1-4-5-6-7-8-9-10-11-12-13-14-15-19-22-29(43)33-28-23-27(30(31(28)37-2)41-42(35,36)38-3)25-40-32(34)39-24-26-20-17-16-18-21-26/h16-18,20-21,27-28,30-31H,4-15,19,22-25H2,1-3H3,(H,33,43)(H,35,36)/t27-,28+,30+,31?/m1/s1. The summed E-state index contributed by atoms with van der Waals surface area (Å²) >= 11 is 5.63. The van der Waals surface area contributed by atoms with Gasteiger partial charge >= 0.3 is 14.0 Å². The van der Waals surface area contributed by atoms with Crippen LogP contribution in [0.15, 0.2) is 30.3 Å². The van der Waals surface area contributed by atoms with Crippen LogP contribution in [0.25, 0.3) is 0 Å². The van der Waals surface area contributed by atoms with E-state index in [1.807, 2.05) is 30.3 Å². The Bertz CT molecular complexity index is 953. The van der Waals surface area contributed by atoms with Crippen molar-refractivity contribution < 1.29 is 37.5 Å². The summed E-state index contributed by atoms with van der Waals surface area (Å²) in [5, 5.41) is 3.36. The smallest absolute Gasteiger partial charge is 0.434 e. The van der Waals surface area contributed by atoms with Crippen LogP contribution in [0.2, 0.25) is 0 Å². The normalized spacial score (nSPS) is 21.3. The summed E-state index contributed by atoms with van der Waals surface area (Å²) in [7, 11) is -1.71. The number of nitrogens with one attached hydrogen (secondary N) is 1. The summed E-state index contributed by atoms with van der Waals surface area (Å²) in [5.74, 6) is -0.443. The highest BCUT2D eigenvalue weighted by Crippen LogP contribution is 2.48. The van der Waals surface area contributed by atoms with Crippen molar-refractivity contribution in [2.75, 3.05) is 20.8 Å². The molecule has 0 bridgehead atoms. The van der Waals surface area contributed by atoms with Crippen molar-refractivity contribution in [1.29, 1.82) is 0 Å². The van der Waals surface area contributed by atoms with Crippen LogP contribution in [-0.4, -0.2) is 55.1 Å². The molecule has 1 aromatic rings. The number of phosphoric acid groups is 1. The molecule has 0 amide bonds. The lowest BCUT2D eigenvalue weighted by Gasteiger charge is -2.27. The predicted octanol–water partition coefficient (Wildman–Crippen LogP) is 8.27. The maximum Gasteiger partial charge on any atom is 0.508 e. The van der Waals surface area contributed by atoms with Gasteiger partial charge in [-0.25, -0.2) is 9.36 Å². The minimum absolute atomic E-state index is 0.0777. The van der Waals surface area contributed by atoms with Crippen molar-refractivity contribution in [3.8, 4) is 0 Å². The minimum atomic E-state index is -4.33. The van der Waals surface area contributed by atoms with E-state index in [0.29, 0.717) is 6.42 Å². The van der Waals surface area contributed by atoms with Crippen molar-refractivity contribution in [1.82, 2.24) is 5.32 Å². The van der Waals surface area contributed by atoms with Crippen molar-refractivity contribution in [3.05, 3.63) is 35.9 Å². The van der Waals surface area contributed by atoms with E-state index in [4.69, 9.17) is 31.0 Å². The van der Waals surface area contributed by atoms with Gasteiger partial charge in [0.15, 0.2) is 0 Å². The average molecular weight is 644 g/mol. The first-order valence-electron chi connectivity index (χ1n) is 16.0. The zero-order valence-corrected chi connectivity index (χ0v) is 28.1. The Morgan fingerprint density at radius 1 is 0.907 bits per heavy atom. The van der Waals surface area contributed by atoms with Gasteiger partial charge in [-0.15, -0.1) is 0 Å². The molecule has 9 nitrogen and oxygen atoms in total. The van der Waals surface area contributed by atoms with Gasteiger partial charge in [0, 0.05) is 20.1 Å². The quantitative estimate of drug-likeness (QED) is 0.0523. The van der Waals surface area contributed by atoms with Gasteiger partial charge < -0.3 is 24.4 Å². The monoisotopic (exact) mass is 643 g/mol. The highest BCUT2D eigenvalue weighted by atomic mass is 32.1. The van der Waals surface area contributed by atoms with E-state index in [1.54, 1.807) is 0 Å². The van der Waals surface area contributed by atoms with Crippen LogP contribution in [0.4, 0.5) is 4.79 Å². The second-order valence-corrected chi connectivity index (χ2v) is 13.4. The number of carbonyl (C=O) groups is 1. The number of hydrogen-bond donors (Lipinski definition) is 2. The maximum absolute atomic E-state index is 12.3. The Morgan fingerprint density at radius 2 is 1.49 bits per heavy atom. The number of methoxy groups -OCH3 is 1.